The Morgan fingerprint density at radius 3 is 0.895 bits per heavy atom. The van der Waals surface area contributed by atoms with Gasteiger partial charge in [-0.3, -0.25) is 0 Å². The Balaban J connectivity index is 2.18. The third-order valence-corrected chi connectivity index (χ3v) is 9.97. The van der Waals surface area contributed by atoms with Crippen LogP contribution >= 0.6 is 0 Å². The van der Waals surface area contributed by atoms with E-state index in [2.05, 4.69) is 160 Å². The molecule has 0 unspecified atom stereocenters. The molecule has 2 nitrogen and oxygen atoms in total. The van der Waals surface area contributed by atoms with Crippen LogP contribution in [-0.4, -0.2) is 19.5 Å². The third kappa shape index (κ3) is 5.74. The Morgan fingerprint density at radius 1 is 0.447 bits per heavy atom. The maximum Gasteiger partial charge on any atom is 0.186 e. The molecule has 4 aromatic carbocycles. The van der Waals surface area contributed by atoms with Gasteiger partial charge in [-0.05, 0) is 49.9 Å². The fraction of sp³-hybridized carbons (Fsp3) is 0.176. The zero-order valence-electron chi connectivity index (χ0n) is 22.9. The zero-order chi connectivity index (χ0) is 26.8. The maximum absolute atomic E-state index is 7.38. The van der Waals surface area contributed by atoms with E-state index in [1.54, 1.807) is 0 Å². The van der Waals surface area contributed by atoms with Crippen LogP contribution in [0.3, 0.4) is 0 Å². The van der Waals surface area contributed by atoms with Crippen molar-refractivity contribution in [3.8, 4) is 0 Å². The van der Waals surface area contributed by atoms with Crippen LogP contribution in [0.15, 0.2) is 144 Å². The van der Waals surface area contributed by atoms with E-state index in [1.807, 2.05) is 0 Å². The lowest BCUT2D eigenvalue weighted by Gasteiger charge is -2.52. The van der Waals surface area contributed by atoms with Gasteiger partial charge in [0.15, 0.2) is 19.5 Å². The van der Waals surface area contributed by atoms with Gasteiger partial charge in [0, 0.05) is 0 Å². The highest BCUT2D eigenvalue weighted by molar-refractivity contribution is 6.35. The molecule has 0 fully saturated rings. The van der Waals surface area contributed by atoms with Crippen LogP contribution in [0.4, 0.5) is 0 Å². The molecule has 0 atom stereocenters. The molecule has 38 heavy (non-hydrogen) atoms. The van der Waals surface area contributed by atoms with E-state index in [-0.39, 0.29) is 0 Å². The van der Waals surface area contributed by atoms with Gasteiger partial charge in [0.25, 0.3) is 0 Å². The molecule has 0 bridgehead atoms. The molecule has 0 heterocycles. The van der Waals surface area contributed by atoms with Crippen molar-refractivity contribution in [2.45, 2.75) is 38.9 Å². The maximum atomic E-state index is 7.38. The van der Waals surface area contributed by atoms with Gasteiger partial charge >= 0.3 is 0 Å². The monoisotopic (exact) mass is 534 g/mol. The van der Waals surface area contributed by atoms with Crippen molar-refractivity contribution in [2.75, 3.05) is 0 Å². The van der Waals surface area contributed by atoms with E-state index in [0.717, 1.165) is 22.3 Å². The smallest absolute Gasteiger partial charge is 0.186 e. The molecule has 0 spiro atoms. The molecule has 0 aliphatic carbocycles. The lowest BCUT2D eigenvalue weighted by Crippen LogP contribution is -2.55. The van der Waals surface area contributed by atoms with Crippen LogP contribution in [0.5, 0.6) is 0 Å². The summed E-state index contributed by atoms with van der Waals surface area (Å²) >= 11 is 0. The van der Waals surface area contributed by atoms with Crippen LogP contribution in [0.1, 0.15) is 49.9 Å². The largest absolute Gasteiger partial charge is 0.403 e. The minimum atomic E-state index is -1.10. The molecule has 0 radical (unpaired) electrons. The quantitative estimate of drug-likeness (QED) is 0.194. The molecule has 0 saturated heterocycles. The Labute approximate surface area is 232 Å². The molecule has 194 valence electrons. The molecule has 4 heteroatoms. The predicted molar refractivity (Wildman–Crippen MR) is 165 cm³/mol. The average molecular weight is 535 g/mol. The topological polar surface area (TPSA) is 18.5 Å². The van der Waals surface area contributed by atoms with E-state index in [4.69, 9.17) is 8.85 Å². The Bertz CT molecular complexity index is 1140. The first kappa shape index (κ1) is 27.7. The molecular weight excluding hydrogens is 497 g/mol. The van der Waals surface area contributed by atoms with Crippen LogP contribution in [0, 0.1) is 0 Å². The fourth-order valence-corrected chi connectivity index (χ4v) is 7.45. The summed E-state index contributed by atoms with van der Waals surface area (Å²) in [4.78, 5) is 0. The zero-order valence-corrected chi connectivity index (χ0v) is 25.8. The van der Waals surface area contributed by atoms with Gasteiger partial charge < -0.3 is 8.85 Å². The van der Waals surface area contributed by atoms with Crippen molar-refractivity contribution in [2.24, 2.45) is 0 Å². The molecular formula is C34H38O2Si2. The summed E-state index contributed by atoms with van der Waals surface area (Å²) in [7, 11) is -2.20. The standard InChI is InChI=1S/C34H38O2Si2/c1-27(2)25-37-35-33(29-17-9-5-10-18-29,30-19-11-6-12-20-30)34(36-38-26-28(3)4,31-21-13-7-14-22-31)32-23-15-8-16-24-32/h5-26H,37-38H2,1-4H3. The van der Waals surface area contributed by atoms with Crippen molar-refractivity contribution >= 4 is 19.5 Å². The first-order chi connectivity index (χ1) is 18.5. The number of hydrogen-bond donors (Lipinski definition) is 0. The Hall–Kier alpha value is -3.29. The van der Waals surface area contributed by atoms with Crippen LogP contribution in [-0.2, 0) is 20.1 Å². The van der Waals surface area contributed by atoms with Crippen LogP contribution < -0.4 is 0 Å². The van der Waals surface area contributed by atoms with E-state index < -0.39 is 30.7 Å². The van der Waals surface area contributed by atoms with Crippen LogP contribution in [0.2, 0.25) is 0 Å². The second-order valence-corrected chi connectivity index (χ2v) is 12.1. The summed E-state index contributed by atoms with van der Waals surface area (Å²) in [5.74, 6) is 0. The van der Waals surface area contributed by atoms with Gasteiger partial charge in [-0.15, -0.1) is 0 Å². The summed E-state index contributed by atoms with van der Waals surface area (Å²) in [5, 5.41) is 0. The summed E-state index contributed by atoms with van der Waals surface area (Å²) in [5.41, 5.74) is 9.62. The highest BCUT2D eigenvalue weighted by Crippen LogP contribution is 2.54. The average Bonchev–Trinajstić information content (AvgIpc) is 2.95. The summed E-state index contributed by atoms with van der Waals surface area (Å²) in [6.45, 7) is 8.57. The summed E-state index contributed by atoms with van der Waals surface area (Å²) in [6.07, 6.45) is 0. The highest BCUT2D eigenvalue weighted by Gasteiger charge is 2.57. The lowest BCUT2D eigenvalue weighted by molar-refractivity contribution is -0.0745. The molecule has 4 rings (SSSR count). The molecule has 0 aliphatic heterocycles. The predicted octanol–water partition coefficient (Wildman–Crippen LogP) is 6.92. The first-order valence-corrected chi connectivity index (χ1v) is 16.1. The molecule has 4 aromatic rings. The lowest BCUT2D eigenvalue weighted by atomic mass is 9.66. The van der Waals surface area contributed by atoms with Crippen molar-refractivity contribution < 1.29 is 8.85 Å². The number of rotatable bonds is 11. The number of hydrogen-bond acceptors (Lipinski definition) is 2. The number of allylic oxidation sites excluding steroid dienone is 2. The van der Waals surface area contributed by atoms with E-state index in [0.29, 0.717) is 0 Å². The van der Waals surface area contributed by atoms with Crippen molar-refractivity contribution in [1.29, 1.82) is 0 Å². The van der Waals surface area contributed by atoms with Gasteiger partial charge in [-0.1, -0.05) is 144 Å². The second-order valence-electron chi connectivity index (χ2n) is 10.0. The molecule has 0 aliphatic rings. The second kappa shape index (κ2) is 13.0. The summed E-state index contributed by atoms with van der Waals surface area (Å²) < 4.78 is 14.8. The Kier molecular flexibility index (Phi) is 9.48. The minimum absolute atomic E-state index is 0.918. The highest BCUT2D eigenvalue weighted by atomic mass is 28.2. The van der Waals surface area contributed by atoms with Gasteiger partial charge in [-0.2, -0.15) is 0 Å². The molecule has 0 saturated carbocycles. The van der Waals surface area contributed by atoms with Crippen molar-refractivity contribution in [3.05, 3.63) is 166 Å². The fourth-order valence-electron chi connectivity index (χ4n) is 5.04. The van der Waals surface area contributed by atoms with Gasteiger partial charge in [0.2, 0.25) is 0 Å². The number of benzene rings is 4. The molecule has 0 N–H and O–H groups in total. The van der Waals surface area contributed by atoms with Gasteiger partial charge in [0.05, 0.1) is 0 Å². The molecule has 0 aromatic heterocycles. The SMILES string of the molecule is CC(C)=C[SiH2]OC(c1ccccc1)(c1ccccc1)C(O[SiH2]C=C(C)C)(c1ccccc1)c1ccccc1. The van der Waals surface area contributed by atoms with Gasteiger partial charge in [0.1, 0.15) is 11.2 Å². The van der Waals surface area contributed by atoms with E-state index in [9.17, 15) is 0 Å². The normalized spacial score (nSPS) is 12.2. The van der Waals surface area contributed by atoms with Crippen molar-refractivity contribution in [1.82, 2.24) is 0 Å². The van der Waals surface area contributed by atoms with Gasteiger partial charge in [-0.25, -0.2) is 0 Å². The molecule has 0 amide bonds. The van der Waals surface area contributed by atoms with Crippen molar-refractivity contribution in [3.63, 3.8) is 0 Å². The Morgan fingerprint density at radius 2 is 0.684 bits per heavy atom. The minimum Gasteiger partial charge on any atom is -0.403 e. The van der Waals surface area contributed by atoms with E-state index in [1.165, 1.54) is 11.1 Å². The van der Waals surface area contributed by atoms with Crippen LogP contribution in [0.25, 0.3) is 0 Å². The third-order valence-electron chi connectivity index (χ3n) is 6.80. The summed E-state index contributed by atoms with van der Waals surface area (Å²) in [6, 6.07) is 42.6. The van der Waals surface area contributed by atoms with E-state index >= 15 is 0 Å². The first-order valence-electron chi connectivity index (χ1n) is 13.3.